The Bertz CT molecular complexity index is 426. The zero-order valence-corrected chi connectivity index (χ0v) is 17.4. The Morgan fingerprint density at radius 1 is 1.16 bits per heavy atom. The van der Waals surface area contributed by atoms with E-state index in [9.17, 15) is 18.0 Å². The molecule has 2 N–H and O–H groups in total. The highest BCUT2D eigenvalue weighted by Gasteiger charge is 2.41. The third-order valence-corrected chi connectivity index (χ3v) is 4.05. The van der Waals surface area contributed by atoms with Crippen molar-refractivity contribution in [2.75, 3.05) is 46.3 Å². The zero-order valence-electron chi connectivity index (χ0n) is 15.0. The third-order valence-electron chi connectivity index (χ3n) is 4.05. The fraction of sp³-hybridized carbons (Fsp3) is 0.867. The van der Waals surface area contributed by atoms with Crippen molar-refractivity contribution in [3.8, 4) is 0 Å². The quantitative estimate of drug-likeness (QED) is 0.346. The fourth-order valence-corrected chi connectivity index (χ4v) is 2.50. The van der Waals surface area contributed by atoms with Gasteiger partial charge in [-0.3, -0.25) is 14.7 Å². The number of rotatable bonds is 6. The van der Waals surface area contributed by atoms with Gasteiger partial charge in [-0.15, -0.1) is 24.0 Å². The average Bonchev–Trinajstić information content (AvgIpc) is 2.55. The number of carbonyl (C=O) groups is 1. The van der Waals surface area contributed by atoms with Gasteiger partial charge in [-0.25, -0.2) is 0 Å². The predicted octanol–water partition coefficient (Wildman–Crippen LogP) is 1.66. The minimum Gasteiger partial charge on any atom is -0.356 e. The second-order valence-corrected chi connectivity index (χ2v) is 5.81. The Balaban J connectivity index is 0.00000576. The molecule has 1 saturated heterocycles. The van der Waals surface area contributed by atoms with Crippen LogP contribution in [0.3, 0.4) is 0 Å². The molecule has 0 aromatic heterocycles. The van der Waals surface area contributed by atoms with Crippen LogP contribution in [0.2, 0.25) is 0 Å². The van der Waals surface area contributed by atoms with Gasteiger partial charge in [0.2, 0.25) is 5.91 Å². The largest absolute Gasteiger partial charge is 0.403 e. The minimum atomic E-state index is -4.20. The normalized spacial score (nSPS) is 17.7. The molecule has 1 unspecified atom stereocenters. The van der Waals surface area contributed by atoms with Crippen molar-refractivity contribution in [3.05, 3.63) is 0 Å². The Morgan fingerprint density at radius 3 is 2.24 bits per heavy atom. The summed E-state index contributed by atoms with van der Waals surface area (Å²) in [6.07, 6.45) is -2.97. The van der Waals surface area contributed by atoms with Crippen molar-refractivity contribution in [1.82, 2.24) is 20.4 Å². The van der Waals surface area contributed by atoms with Gasteiger partial charge in [0.05, 0.1) is 0 Å². The van der Waals surface area contributed by atoms with Gasteiger partial charge in [0.1, 0.15) is 6.04 Å². The van der Waals surface area contributed by atoms with Gasteiger partial charge in [-0.2, -0.15) is 13.2 Å². The number of nitrogens with zero attached hydrogens (tertiary/aromatic N) is 3. The van der Waals surface area contributed by atoms with E-state index in [0.717, 1.165) is 6.42 Å². The van der Waals surface area contributed by atoms with Crippen LogP contribution in [-0.2, 0) is 4.79 Å². The van der Waals surface area contributed by atoms with E-state index >= 15 is 0 Å². The Labute approximate surface area is 164 Å². The number of carbonyl (C=O) groups excluding carboxylic acids is 1. The van der Waals surface area contributed by atoms with Crippen LogP contribution in [0.1, 0.15) is 26.7 Å². The molecule has 0 aliphatic carbocycles. The molecule has 1 aliphatic heterocycles. The van der Waals surface area contributed by atoms with Crippen LogP contribution < -0.4 is 10.6 Å². The minimum absolute atomic E-state index is 0. The average molecular weight is 479 g/mol. The molecule has 1 fully saturated rings. The smallest absolute Gasteiger partial charge is 0.356 e. The number of hydrogen-bond acceptors (Lipinski definition) is 3. The molecule has 148 valence electrons. The Hall–Kier alpha value is -0.780. The van der Waals surface area contributed by atoms with E-state index in [1.54, 1.807) is 7.05 Å². The summed E-state index contributed by atoms with van der Waals surface area (Å²) >= 11 is 0. The number of halogens is 4. The first-order valence-corrected chi connectivity index (χ1v) is 8.32. The SMILES string of the molecule is CCCNC(=O)CCNC(=NC)N1CCN(C(C)C(F)(F)F)CC1.I. The summed E-state index contributed by atoms with van der Waals surface area (Å²) in [6.45, 7) is 5.90. The van der Waals surface area contributed by atoms with Crippen molar-refractivity contribution >= 4 is 35.8 Å². The molecule has 0 aromatic carbocycles. The van der Waals surface area contributed by atoms with Crippen LogP contribution in [0, 0.1) is 0 Å². The number of nitrogens with one attached hydrogen (secondary N) is 2. The van der Waals surface area contributed by atoms with Crippen molar-refractivity contribution < 1.29 is 18.0 Å². The monoisotopic (exact) mass is 479 g/mol. The molecule has 0 saturated carbocycles. The molecule has 0 aromatic rings. The number of piperazine rings is 1. The first-order valence-electron chi connectivity index (χ1n) is 8.32. The highest BCUT2D eigenvalue weighted by molar-refractivity contribution is 14.0. The van der Waals surface area contributed by atoms with Crippen molar-refractivity contribution in [2.24, 2.45) is 4.99 Å². The lowest BCUT2D eigenvalue weighted by Gasteiger charge is -2.39. The van der Waals surface area contributed by atoms with Crippen LogP contribution in [0.25, 0.3) is 0 Å². The Morgan fingerprint density at radius 2 is 1.76 bits per heavy atom. The second kappa shape index (κ2) is 11.8. The van der Waals surface area contributed by atoms with Gasteiger partial charge >= 0.3 is 6.18 Å². The first-order chi connectivity index (χ1) is 11.3. The van der Waals surface area contributed by atoms with Gasteiger partial charge in [0.15, 0.2) is 5.96 Å². The standard InChI is InChI=1S/C15H28F3N5O.HI/c1-4-6-20-13(24)5-7-21-14(19-3)23-10-8-22(9-11-23)12(2)15(16,17)18;/h12H,4-11H2,1-3H3,(H,19,21)(H,20,24);1H. The summed E-state index contributed by atoms with van der Waals surface area (Å²) in [7, 11) is 1.63. The summed E-state index contributed by atoms with van der Waals surface area (Å²) in [4.78, 5) is 19.0. The first kappa shape index (κ1) is 24.2. The molecule has 0 radical (unpaired) electrons. The van der Waals surface area contributed by atoms with Crippen LogP contribution >= 0.6 is 24.0 Å². The lowest BCUT2D eigenvalue weighted by molar-refractivity contribution is -0.181. The summed E-state index contributed by atoms with van der Waals surface area (Å²) in [5, 5.41) is 5.89. The lowest BCUT2D eigenvalue weighted by Crippen LogP contribution is -2.56. The molecule has 6 nitrogen and oxygen atoms in total. The number of guanidine groups is 1. The third kappa shape index (κ3) is 8.43. The van der Waals surface area contributed by atoms with Gasteiger partial charge in [-0.05, 0) is 13.3 Å². The lowest BCUT2D eigenvalue weighted by atomic mass is 10.2. The number of amides is 1. The molecular weight excluding hydrogens is 450 g/mol. The molecule has 10 heteroatoms. The zero-order chi connectivity index (χ0) is 18.2. The fourth-order valence-electron chi connectivity index (χ4n) is 2.50. The summed E-state index contributed by atoms with van der Waals surface area (Å²) in [5.74, 6) is 0.598. The number of alkyl halides is 3. The number of aliphatic imine (C=N–C) groups is 1. The maximum Gasteiger partial charge on any atom is 0.403 e. The van der Waals surface area contributed by atoms with E-state index in [4.69, 9.17) is 0 Å². The molecule has 1 aliphatic rings. The molecule has 0 spiro atoms. The van der Waals surface area contributed by atoms with Crippen molar-refractivity contribution in [2.45, 2.75) is 38.9 Å². The van der Waals surface area contributed by atoms with Crippen LogP contribution in [0.5, 0.6) is 0 Å². The molecule has 1 heterocycles. The topological polar surface area (TPSA) is 60.0 Å². The second-order valence-electron chi connectivity index (χ2n) is 5.81. The van der Waals surface area contributed by atoms with Crippen LogP contribution in [0.4, 0.5) is 13.2 Å². The van der Waals surface area contributed by atoms with E-state index < -0.39 is 12.2 Å². The van der Waals surface area contributed by atoms with Gasteiger partial charge in [-0.1, -0.05) is 6.92 Å². The summed E-state index contributed by atoms with van der Waals surface area (Å²) in [6, 6.07) is -1.43. The van der Waals surface area contributed by atoms with E-state index in [0.29, 0.717) is 51.6 Å². The number of hydrogen-bond donors (Lipinski definition) is 2. The summed E-state index contributed by atoms with van der Waals surface area (Å²) < 4.78 is 38.3. The molecule has 1 amide bonds. The van der Waals surface area contributed by atoms with Gasteiger partial charge in [0, 0.05) is 52.7 Å². The van der Waals surface area contributed by atoms with E-state index in [-0.39, 0.29) is 29.9 Å². The van der Waals surface area contributed by atoms with Gasteiger partial charge < -0.3 is 15.5 Å². The molecular formula is C15H29F3IN5O. The van der Waals surface area contributed by atoms with Crippen molar-refractivity contribution in [1.29, 1.82) is 0 Å². The maximum absolute atomic E-state index is 12.8. The highest BCUT2D eigenvalue weighted by atomic mass is 127. The van der Waals surface area contributed by atoms with E-state index in [1.165, 1.54) is 11.8 Å². The Kier molecular flexibility index (Phi) is 11.4. The van der Waals surface area contributed by atoms with E-state index in [2.05, 4.69) is 15.6 Å². The molecule has 25 heavy (non-hydrogen) atoms. The predicted molar refractivity (Wildman–Crippen MR) is 103 cm³/mol. The van der Waals surface area contributed by atoms with Crippen LogP contribution in [0.15, 0.2) is 4.99 Å². The van der Waals surface area contributed by atoms with Crippen LogP contribution in [-0.4, -0.2) is 80.2 Å². The van der Waals surface area contributed by atoms with Crippen molar-refractivity contribution in [3.63, 3.8) is 0 Å². The van der Waals surface area contributed by atoms with Gasteiger partial charge in [0.25, 0.3) is 0 Å². The summed E-state index contributed by atoms with van der Waals surface area (Å²) in [5.41, 5.74) is 0. The van der Waals surface area contributed by atoms with E-state index in [1.807, 2.05) is 11.8 Å². The highest BCUT2D eigenvalue weighted by Crippen LogP contribution is 2.25. The maximum atomic E-state index is 12.8. The molecule has 1 rings (SSSR count). The molecule has 0 bridgehead atoms. The molecule has 1 atom stereocenters.